The Hall–Kier alpha value is -1.60. The number of fused-ring (bicyclic) bond motifs is 1. The Balaban J connectivity index is 2.20. The molecule has 19 heavy (non-hydrogen) atoms. The maximum atomic E-state index is 11.3. The Bertz CT molecular complexity index is 561. The van der Waals surface area contributed by atoms with Gasteiger partial charge >= 0.3 is 0 Å². The van der Waals surface area contributed by atoms with Gasteiger partial charge in [0.05, 0.1) is 5.69 Å². The molecule has 104 valence electrons. The molecule has 0 saturated heterocycles. The first-order chi connectivity index (χ1) is 9.17. The molecule has 0 bridgehead atoms. The second-order valence-electron chi connectivity index (χ2n) is 4.31. The van der Waals surface area contributed by atoms with E-state index in [0.29, 0.717) is 13.0 Å². The van der Waals surface area contributed by atoms with Crippen LogP contribution in [0.25, 0.3) is 4.96 Å². The molecule has 1 amide bonds. The molecule has 2 aromatic heterocycles. The molecule has 0 aliphatic rings. The number of rotatable bonds is 6. The highest BCUT2D eigenvalue weighted by molar-refractivity contribution is 7.15. The number of hydrogen-bond donors (Lipinski definition) is 2. The highest BCUT2D eigenvalue weighted by atomic mass is 32.1. The molecule has 0 spiro atoms. The molecule has 6 nitrogen and oxygen atoms in total. The van der Waals surface area contributed by atoms with Crippen molar-refractivity contribution in [3.63, 3.8) is 0 Å². The van der Waals surface area contributed by atoms with Crippen molar-refractivity contribution in [2.45, 2.75) is 13.0 Å². The third kappa shape index (κ3) is 2.87. The summed E-state index contributed by atoms with van der Waals surface area (Å²) in [5, 5.41) is 7.82. The summed E-state index contributed by atoms with van der Waals surface area (Å²) in [6.07, 6.45) is 2.49. The monoisotopic (exact) mass is 281 g/mol. The molecule has 7 heteroatoms. The quantitative estimate of drug-likeness (QED) is 0.818. The predicted octanol–water partition coefficient (Wildman–Crippen LogP) is 0.687. The number of hydrogen-bond acceptors (Lipinski definition) is 5. The van der Waals surface area contributed by atoms with Gasteiger partial charge in [-0.05, 0) is 7.05 Å². The summed E-state index contributed by atoms with van der Waals surface area (Å²) in [6, 6.07) is 0. The van der Waals surface area contributed by atoms with Crippen molar-refractivity contribution >= 4 is 28.0 Å². The Morgan fingerprint density at radius 2 is 2.32 bits per heavy atom. The van der Waals surface area contributed by atoms with Gasteiger partial charge in [0.15, 0.2) is 10.8 Å². The largest absolute Gasteiger partial charge is 0.359 e. The normalized spacial score (nSPS) is 10.9. The standard InChI is InChI=1S/C12H19N5OS/c1-13-8-9-11(15-12-17(9)6-7-19-12)16(3)5-4-10(18)14-2/h6-7,13H,4-5,8H2,1-3H3,(H,14,18). The second kappa shape index (κ2) is 6.03. The molecule has 0 saturated carbocycles. The summed E-state index contributed by atoms with van der Waals surface area (Å²) in [5.74, 6) is 0.980. The predicted molar refractivity (Wildman–Crippen MR) is 77.8 cm³/mol. The number of nitrogens with one attached hydrogen (secondary N) is 2. The smallest absolute Gasteiger partial charge is 0.221 e. The Labute approximate surface area is 116 Å². The Kier molecular flexibility index (Phi) is 4.39. The molecule has 2 N–H and O–H groups in total. The maximum absolute atomic E-state index is 11.3. The molecule has 2 heterocycles. The molecule has 0 aliphatic heterocycles. The topological polar surface area (TPSA) is 61.7 Å². The molecule has 0 aliphatic carbocycles. The fourth-order valence-electron chi connectivity index (χ4n) is 1.96. The van der Waals surface area contributed by atoms with Crippen molar-refractivity contribution in [3.05, 3.63) is 17.3 Å². The number of amides is 1. The molecule has 0 unspecified atom stereocenters. The van der Waals surface area contributed by atoms with Crippen LogP contribution in [-0.2, 0) is 11.3 Å². The number of nitrogens with zero attached hydrogens (tertiary/aromatic N) is 3. The summed E-state index contributed by atoms with van der Waals surface area (Å²) in [6.45, 7) is 1.40. The van der Waals surface area contributed by atoms with Crippen LogP contribution < -0.4 is 15.5 Å². The molecular formula is C12H19N5OS. The van der Waals surface area contributed by atoms with Gasteiger partial charge in [0, 0.05) is 45.2 Å². The molecular weight excluding hydrogens is 262 g/mol. The average Bonchev–Trinajstić information content (AvgIpc) is 2.98. The fourth-order valence-corrected chi connectivity index (χ4v) is 2.69. The first-order valence-electron chi connectivity index (χ1n) is 6.18. The van der Waals surface area contributed by atoms with E-state index in [4.69, 9.17) is 0 Å². The van der Waals surface area contributed by atoms with E-state index in [-0.39, 0.29) is 5.91 Å². The van der Waals surface area contributed by atoms with E-state index < -0.39 is 0 Å². The van der Waals surface area contributed by atoms with Crippen LogP contribution in [0.15, 0.2) is 11.6 Å². The van der Waals surface area contributed by atoms with Crippen LogP contribution in [0.1, 0.15) is 12.1 Å². The summed E-state index contributed by atoms with van der Waals surface area (Å²) in [5.41, 5.74) is 1.12. The van der Waals surface area contributed by atoms with E-state index in [2.05, 4.69) is 20.0 Å². The molecule has 0 fully saturated rings. The number of carbonyl (C=O) groups excluding carboxylic acids is 1. The van der Waals surface area contributed by atoms with E-state index in [9.17, 15) is 4.79 Å². The van der Waals surface area contributed by atoms with Crippen molar-refractivity contribution < 1.29 is 4.79 Å². The summed E-state index contributed by atoms with van der Waals surface area (Å²) >= 11 is 1.61. The number of aromatic nitrogens is 2. The van der Waals surface area contributed by atoms with E-state index in [1.807, 2.05) is 30.6 Å². The minimum absolute atomic E-state index is 0.0445. The van der Waals surface area contributed by atoms with Crippen LogP contribution in [0.3, 0.4) is 0 Å². The highest BCUT2D eigenvalue weighted by Crippen LogP contribution is 2.23. The Morgan fingerprint density at radius 1 is 1.53 bits per heavy atom. The summed E-state index contributed by atoms with van der Waals surface area (Å²) in [4.78, 5) is 18.9. The minimum Gasteiger partial charge on any atom is -0.359 e. The van der Waals surface area contributed by atoms with Crippen molar-refractivity contribution in [1.82, 2.24) is 20.0 Å². The summed E-state index contributed by atoms with van der Waals surface area (Å²) in [7, 11) is 5.54. The molecule has 0 atom stereocenters. The van der Waals surface area contributed by atoms with Gasteiger partial charge in [0.1, 0.15) is 0 Å². The van der Waals surface area contributed by atoms with E-state index in [1.165, 1.54) is 0 Å². The lowest BCUT2D eigenvalue weighted by Crippen LogP contribution is -2.27. The molecule has 0 radical (unpaired) electrons. The van der Waals surface area contributed by atoms with Gasteiger partial charge in [-0.3, -0.25) is 9.20 Å². The van der Waals surface area contributed by atoms with Gasteiger partial charge in [-0.2, -0.15) is 0 Å². The van der Waals surface area contributed by atoms with Crippen molar-refractivity contribution in [2.75, 3.05) is 32.6 Å². The van der Waals surface area contributed by atoms with Crippen molar-refractivity contribution in [2.24, 2.45) is 0 Å². The molecule has 0 aromatic carbocycles. The average molecular weight is 281 g/mol. The third-order valence-electron chi connectivity index (χ3n) is 3.00. The van der Waals surface area contributed by atoms with E-state index in [1.54, 1.807) is 18.4 Å². The number of thiazole rings is 1. The number of imidazole rings is 1. The van der Waals surface area contributed by atoms with Crippen LogP contribution in [0.5, 0.6) is 0 Å². The van der Waals surface area contributed by atoms with Gasteiger partial charge in [0.25, 0.3) is 0 Å². The van der Waals surface area contributed by atoms with Crippen LogP contribution >= 0.6 is 11.3 Å². The molecule has 2 aromatic rings. The maximum Gasteiger partial charge on any atom is 0.221 e. The lowest BCUT2D eigenvalue weighted by molar-refractivity contribution is -0.120. The van der Waals surface area contributed by atoms with Gasteiger partial charge in [0.2, 0.25) is 5.91 Å². The SMILES string of the molecule is CNCc1c(N(C)CCC(=O)NC)nc2sccn12. The Morgan fingerprint density at radius 3 is 3.00 bits per heavy atom. The number of anilines is 1. The van der Waals surface area contributed by atoms with Crippen LogP contribution in [0, 0.1) is 0 Å². The third-order valence-corrected chi connectivity index (χ3v) is 3.76. The first kappa shape index (κ1) is 13.8. The summed E-state index contributed by atoms with van der Waals surface area (Å²) < 4.78 is 2.09. The lowest BCUT2D eigenvalue weighted by Gasteiger charge is -2.17. The van der Waals surface area contributed by atoms with Crippen molar-refractivity contribution in [1.29, 1.82) is 0 Å². The van der Waals surface area contributed by atoms with E-state index >= 15 is 0 Å². The van der Waals surface area contributed by atoms with Crippen LogP contribution in [0.4, 0.5) is 5.82 Å². The van der Waals surface area contributed by atoms with Crippen LogP contribution in [0.2, 0.25) is 0 Å². The fraction of sp³-hybridized carbons (Fsp3) is 0.500. The second-order valence-corrected chi connectivity index (χ2v) is 5.19. The molecule has 2 rings (SSSR count). The van der Waals surface area contributed by atoms with Crippen LogP contribution in [-0.4, -0.2) is 43.0 Å². The van der Waals surface area contributed by atoms with Gasteiger partial charge < -0.3 is 15.5 Å². The van der Waals surface area contributed by atoms with Gasteiger partial charge in [-0.25, -0.2) is 4.98 Å². The van der Waals surface area contributed by atoms with Crippen molar-refractivity contribution in [3.8, 4) is 0 Å². The van der Waals surface area contributed by atoms with E-state index in [0.717, 1.165) is 23.0 Å². The minimum atomic E-state index is 0.0445. The number of carbonyl (C=O) groups is 1. The first-order valence-corrected chi connectivity index (χ1v) is 7.06. The lowest BCUT2D eigenvalue weighted by atomic mass is 10.3. The zero-order valence-corrected chi connectivity index (χ0v) is 12.3. The zero-order chi connectivity index (χ0) is 13.8. The highest BCUT2D eigenvalue weighted by Gasteiger charge is 2.16. The zero-order valence-electron chi connectivity index (χ0n) is 11.4. The van der Waals surface area contributed by atoms with Gasteiger partial charge in [-0.1, -0.05) is 0 Å². The van der Waals surface area contributed by atoms with Gasteiger partial charge in [-0.15, -0.1) is 11.3 Å².